The van der Waals surface area contributed by atoms with Crippen molar-refractivity contribution >= 4 is 198 Å². The molecule has 133 heavy (non-hydrogen) atoms. The summed E-state index contributed by atoms with van der Waals surface area (Å²) in [5, 5.41) is 25.6. The molecular weight excluding hydrogens is 1660 g/mol. The molecule has 5 aliphatic rings. The second-order valence-electron chi connectivity index (χ2n) is 40.1. The Hall–Kier alpha value is -14.4. The molecule has 14 heteroatoms. The third-order valence-electron chi connectivity index (χ3n) is 29.7. The highest BCUT2D eigenvalue weighted by Crippen LogP contribution is 2.54. The maximum atomic E-state index is 5.03. The topological polar surface area (TPSA) is 104 Å². The van der Waals surface area contributed by atoms with E-state index in [1.165, 1.54) is 213 Å². The van der Waals surface area contributed by atoms with Crippen molar-refractivity contribution in [3.8, 4) is 11.1 Å². The van der Waals surface area contributed by atoms with Crippen LogP contribution in [0.5, 0.6) is 0 Å². The van der Waals surface area contributed by atoms with E-state index in [0.29, 0.717) is 0 Å². The van der Waals surface area contributed by atoms with Crippen LogP contribution in [-0.4, -0.2) is 56.3 Å². The first-order valence-electron chi connectivity index (χ1n) is 46.5. The summed E-state index contributed by atoms with van der Waals surface area (Å²) in [6.45, 7) is 29.6. The minimum absolute atomic E-state index is 0.0448. The molecule has 31 rings (SSSR count). The van der Waals surface area contributed by atoms with E-state index < -0.39 is 0 Å². The summed E-state index contributed by atoms with van der Waals surface area (Å²) < 4.78 is 14.4. The van der Waals surface area contributed by atoms with E-state index >= 15 is 0 Å². The Kier molecular flexibility index (Phi) is 17.1. The van der Waals surface area contributed by atoms with Crippen molar-refractivity contribution in [2.75, 3.05) is 0 Å². The molecule has 13 aromatic heterocycles. The predicted molar refractivity (Wildman–Crippen MR) is 558 cm³/mol. The number of pyridine rings is 7. The monoisotopic (exact) mass is 1760 g/mol. The van der Waals surface area contributed by atoms with Gasteiger partial charge in [-0.25, -0.2) is 29.9 Å². The Bertz CT molecular complexity index is 9370. The normalized spacial score (nSPS) is 15.4. The highest BCUT2D eigenvalue weighted by atomic mass is 32.2. The molecule has 5 aliphatic heterocycles. The van der Waals surface area contributed by atoms with E-state index in [4.69, 9.17) is 29.9 Å². The average molecular weight is 1760 g/mol. The molecule has 26 aromatic rings. The van der Waals surface area contributed by atoms with Crippen molar-refractivity contribution in [3.63, 3.8) is 0 Å². The summed E-state index contributed by atoms with van der Waals surface area (Å²) in [6.07, 6.45) is 9.22. The molecule has 644 valence electrons. The van der Waals surface area contributed by atoms with E-state index in [1.807, 2.05) is 35.9 Å². The Morgan fingerprint density at radius 3 is 1.23 bits per heavy atom. The van der Waals surface area contributed by atoms with E-state index in [9.17, 15) is 0 Å². The first-order valence-corrected chi connectivity index (χ1v) is 48.2. The van der Waals surface area contributed by atoms with E-state index in [1.54, 1.807) is 0 Å². The molecule has 18 heterocycles. The zero-order chi connectivity index (χ0) is 89.9. The van der Waals surface area contributed by atoms with Crippen molar-refractivity contribution in [3.05, 3.63) is 372 Å². The number of imidazole rings is 6. The fourth-order valence-corrected chi connectivity index (χ4v) is 26.0. The molecule has 13 aromatic carbocycles. The Morgan fingerprint density at radius 1 is 0.263 bits per heavy atom. The number of aryl methyl sites for hydroxylation is 3. The van der Waals surface area contributed by atoms with Crippen LogP contribution in [0.1, 0.15) is 131 Å². The molecule has 12 nitrogen and oxygen atoms in total. The number of hydrogen-bond donors (Lipinski definition) is 0. The molecule has 0 aliphatic carbocycles. The number of nitrogens with zero attached hydrogens (tertiary/aromatic N) is 12. The average Bonchev–Trinajstić information content (AvgIpc) is 1.62. The molecule has 0 amide bonds. The van der Waals surface area contributed by atoms with Gasteiger partial charge < -0.3 is 0 Å². The van der Waals surface area contributed by atoms with Crippen molar-refractivity contribution in [1.29, 1.82) is 0 Å². The SMILES string of the molecule is CC1(C)Cc2cnc3c4ccccc4c4cccc1c4n23.CC1(C)Sc2cccc3c4ccccc4c4ncc1n4c23.CC1(C)Sc2cnc3c4ccccc4c4cccc1c4n23.Cc1nc2c3ccccc3c3c(-c4ccccc4)ccc4c3n2c1CC4(C)C.Cc1nc2c3ccccc3c3cccc4c3n2c1CC4(C)C.Cc1nc2c3ccccc3c3cccc4ccc1n2c43. The fraction of sp³-hybridized carbons (Fsp3) is 0.176. The van der Waals surface area contributed by atoms with Gasteiger partial charge in [-0.1, -0.05) is 332 Å². The lowest BCUT2D eigenvalue weighted by Crippen LogP contribution is -2.27. The summed E-state index contributed by atoms with van der Waals surface area (Å²) in [5.41, 5.74) is 33.0. The Balaban J connectivity index is 0.0000000837. The van der Waals surface area contributed by atoms with Crippen LogP contribution in [0.3, 0.4) is 0 Å². The maximum Gasteiger partial charge on any atom is 0.146 e. The van der Waals surface area contributed by atoms with Crippen LogP contribution in [0.15, 0.2) is 320 Å². The van der Waals surface area contributed by atoms with E-state index in [0.717, 1.165) is 64.5 Å². The van der Waals surface area contributed by atoms with Crippen molar-refractivity contribution in [2.45, 2.75) is 145 Å². The second kappa shape index (κ2) is 28.5. The van der Waals surface area contributed by atoms with Gasteiger partial charge in [0.1, 0.15) is 38.9 Å². The van der Waals surface area contributed by atoms with Crippen LogP contribution in [0, 0.1) is 20.8 Å². The van der Waals surface area contributed by atoms with Gasteiger partial charge in [-0.15, -0.1) is 11.8 Å². The lowest BCUT2D eigenvalue weighted by molar-refractivity contribution is 0.504. The molecule has 0 fully saturated rings. The van der Waals surface area contributed by atoms with Gasteiger partial charge in [0.2, 0.25) is 0 Å². The zero-order valence-corrected chi connectivity index (χ0v) is 78.4. The summed E-state index contributed by atoms with van der Waals surface area (Å²) in [4.78, 5) is 30.3. The number of para-hydroxylation sites is 5. The Labute approximate surface area is 777 Å². The standard InChI is InChI=1S/C26H22N2.C20H18N2.C19H16N2.2C18H14N2S.C18H12N2/c1-16-22-15-26(2,3)21-14-13-18(17-9-5-4-6-10-17)23-19-11-7-8-12-20(19)25(27-16)28(22)24(21)23;1-12-17-11-20(2,3)16-10-6-9-14-13-7-4-5-8-15(13)19(21-12)22(17)18(14)16;1-19(2)10-12-11-20-18-15-7-4-3-6-13(15)14-8-5-9-16(19)17(14)21(12)18;1-18(2)15-10-19-17-13-7-4-3-6-11(13)12-8-5-9-14(21-18)16(12)20(15)17;1-18(2)14-9-5-8-12-11-6-3-4-7-13(11)17-19-10-15(21-18)20(17)16(12)14;1-11-16-10-9-12-5-4-8-14-13-6-2-3-7-15(13)18(19-11)20(16)17(12)14/h4-14H,15H2,1-3H3;4-10H,11H2,1-3H3;3-9,11H,10H2,1-2H3;2*3-10H,1-2H3;2-10H,1H3. The molecule has 0 radical (unpaired) electrons. The number of hydrogen-bond acceptors (Lipinski definition) is 8. The quantitative estimate of drug-likeness (QED) is 0.118. The lowest BCUT2D eigenvalue weighted by atomic mass is 9.76. The number of rotatable bonds is 1. The highest BCUT2D eigenvalue weighted by Gasteiger charge is 2.39. The second-order valence-corrected chi connectivity index (χ2v) is 43.4. The van der Waals surface area contributed by atoms with Gasteiger partial charge in [0.15, 0.2) is 0 Å². The van der Waals surface area contributed by atoms with Crippen LogP contribution in [0.25, 0.3) is 186 Å². The van der Waals surface area contributed by atoms with Gasteiger partial charge in [-0.2, -0.15) is 0 Å². The smallest absolute Gasteiger partial charge is 0.146 e. The van der Waals surface area contributed by atoms with Gasteiger partial charge in [0.05, 0.1) is 78.5 Å². The Morgan fingerprint density at radius 2 is 0.662 bits per heavy atom. The fourth-order valence-electron chi connectivity index (χ4n) is 23.6. The van der Waals surface area contributed by atoms with Crippen molar-refractivity contribution in [2.24, 2.45) is 0 Å². The van der Waals surface area contributed by atoms with E-state index in [2.05, 4.69) is 414 Å². The van der Waals surface area contributed by atoms with Crippen molar-refractivity contribution < 1.29 is 0 Å². The van der Waals surface area contributed by atoms with Gasteiger partial charge >= 0.3 is 0 Å². The van der Waals surface area contributed by atoms with Crippen LogP contribution in [0.4, 0.5) is 0 Å². The van der Waals surface area contributed by atoms with Crippen molar-refractivity contribution in [1.82, 2.24) is 56.3 Å². The lowest BCUT2D eigenvalue weighted by Gasteiger charge is -2.33. The molecule has 0 saturated heterocycles. The van der Waals surface area contributed by atoms with Crippen LogP contribution < -0.4 is 0 Å². The van der Waals surface area contributed by atoms with Gasteiger partial charge in [0, 0.05) is 97.6 Å². The maximum absolute atomic E-state index is 5.03. The summed E-state index contributed by atoms with van der Waals surface area (Å²) in [7, 11) is 0. The van der Waals surface area contributed by atoms with E-state index in [-0.39, 0.29) is 25.7 Å². The molecular formula is C119H96N12S2. The zero-order valence-electron chi connectivity index (χ0n) is 76.7. The van der Waals surface area contributed by atoms with Gasteiger partial charge in [-0.05, 0) is 167 Å². The number of aromatic nitrogens is 12. The van der Waals surface area contributed by atoms with Crippen LogP contribution in [-0.2, 0) is 45.0 Å². The minimum atomic E-state index is 0.0448. The third kappa shape index (κ3) is 11.5. The van der Waals surface area contributed by atoms with Gasteiger partial charge in [0.25, 0.3) is 0 Å². The first-order chi connectivity index (χ1) is 64.5. The summed E-state index contributed by atoms with van der Waals surface area (Å²) in [6, 6.07) is 105. The van der Waals surface area contributed by atoms with Crippen LogP contribution >= 0.6 is 23.5 Å². The highest BCUT2D eigenvalue weighted by molar-refractivity contribution is 8.00. The predicted octanol–water partition coefficient (Wildman–Crippen LogP) is 30.2. The summed E-state index contributed by atoms with van der Waals surface area (Å²) in [5.74, 6) is 0. The molecule has 0 unspecified atom stereocenters. The molecule has 0 spiro atoms. The molecule has 0 saturated carbocycles. The molecule has 0 atom stereocenters. The number of benzene rings is 13. The molecule has 0 bridgehead atoms. The number of fused-ring (bicyclic) bond motifs is 18. The third-order valence-corrected chi connectivity index (χ3v) is 32.2. The van der Waals surface area contributed by atoms with Crippen LogP contribution in [0.2, 0.25) is 0 Å². The molecule has 0 N–H and O–H groups in total. The first kappa shape index (κ1) is 79.5. The van der Waals surface area contributed by atoms with Gasteiger partial charge in [-0.3, -0.25) is 26.4 Å². The largest absolute Gasteiger partial charge is 0.296 e. The number of thioether (sulfide) groups is 2. The minimum Gasteiger partial charge on any atom is -0.296 e. The summed E-state index contributed by atoms with van der Waals surface area (Å²) >= 11 is 3.83.